The monoisotopic (exact) mass is 478 g/mol. The van der Waals surface area contributed by atoms with Crippen LogP contribution in [-0.2, 0) is 0 Å². The molecule has 0 heterocycles. The topological polar surface area (TPSA) is 77.0 Å². The minimum atomic E-state index is -0.499. The van der Waals surface area contributed by atoms with Crippen molar-refractivity contribution >= 4 is 23.2 Å². The number of para-hydroxylation sites is 2. The molecule has 0 saturated carbocycles. The molecule has 4 nitrogen and oxygen atoms in total. The molecule has 4 aromatic rings. The second kappa shape index (κ2) is 13.4. The maximum absolute atomic E-state index is 12.4. The molecule has 0 aromatic heterocycles. The second-order valence-corrected chi connectivity index (χ2v) is 7.06. The van der Waals surface area contributed by atoms with Gasteiger partial charge in [0.25, 0.3) is 0 Å². The van der Waals surface area contributed by atoms with Gasteiger partial charge < -0.3 is 9.84 Å². The molecule has 0 aliphatic heterocycles. The predicted octanol–water partition coefficient (Wildman–Crippen LogP) is 7.75. The van der Waals surface area contributed by atoms with Crippen LogP contribution in [0.4, 0.5) is 4.39 Å². The number of aromatic hydroxyl groups is 1. The summed E-state index contributed by atoms with van der Waals surface area (Å²) in [4.78, 5) is 0. The molecular weight excluding hydrogens is 462 g/mol. The van der Waals surface area contributed by atoms with Gasteiger partial charge in [-0.3, -0.25) is 0 Å². The van der Waals surface area contributed by atoms with Gasteiger partial charge >= 0.3 is 0 Å². The molecule has 0 radical (unpaired) electrons. The van der Waals surface area contributed by atoms with Crippen LogP contribution in [0.2, 0.25) is 10.0 Å². The molecule has 0 aliphatic rings. The number of phenols is 1. The number of halogens is 3. The highest BCUT2D eigenvalue weighted by atomic mass is 35.5. The normalized spacial score (nSPS) is 9.12. The predicted molar refractivity (Wildman–Crippen MR) is 127 cm³/mol. The Balaban J connectivity index is 0.000000193. The molecule has 0 amide bonds. The van der Waals surface area contributed by atoms with Crippen LogP contribution in [0.5, 0.6) is 17.2 Å². The lowest BCUT2D eigenvalue weighted by Gasteiger charge is -2.06. The summed E-state index contributed by atoms with van der Waals surface area (Å²) in [5.41, 5.74) is 0.886. The van der Waals surface area contributed by atoms with Gasteiger partial charge in [-0.15, -0.1) is 0 Å². The molecule has 7 heteroatoms. The van der Waals surface area contributed by atoms with E-state index >= 15 is 0 Å². The first kappa shape index (κ1) is 25.2. The van der Waals surface area contributed by atoms with E-state index in [1.54, 1.807) is 42.5 Å². The van der Waals surface area contributed by atoms with E-state index in [9.17, 15) is 4.39 Å². The smallest absolute Gasteiger partial charge is 0.146 e. The molecule has 0 aliphatic carbocycles. The van der Waals surface area contributed by atoms with E-state index in [2.05, 4.69) is 0 Å². The fraction of sp³-hybridized carbons (Fsp3) is 0. The number of ether oxygens (including phenoxy) is 1. The Hall–Kier alpha value is -4.03. The summed E-state index contributed by atoms with van der Waals surface area (Å²) in [7, 11) is 0. The highest BCUT2D eigenvalue weighted by Crippen LogP contribution is 2.29. The number of phenolic OH excluding ortho intramolecular Hbond substituents is 1. The van der Waals surface area contributed by atoms with Crippen LogP contribution in [0.25, 0.3) is 0 Å². The summed E-state index contributed by atoms with van der Waals surface area (Å²) in [6, 6.07) is 30.7. The van der Waals surface area contributed by atoms with Crippen molar-refractivity contribution in [2.45, 2.75) is 0 Å². The van der Waals surface area contributed by atoms with Crippen LogP contribution in [0.1, 0.15) is 11.1 Å². The maximum Gasteiger partial charge on any atom is 0.146 e. The van der Waals surface area contributed by atoms with Gasteiger partial charge in [-0.05, 0) is 60.7 Å². The Labute approximate surface area is 201 Å². The Kier molecular flexibility index (Phi) is 10.2. The summed E-state index contributed by atoms with van der Waals surface area (Å²) in [5.74, 6) is 1.09. The molecule has 0 atom stereocenters. The first-order valence-electron chi connectivity index (χ1n) is 9.44. The van der Waals surface area contributed by atoms with E-state index < -0.39 is 5.82 Å². The Morgan fingerprint density at radius 1 is 0.697 bits per heavy atom. The van der Waals surface area contributed by atoms with Gasteiger partial charge in [0.05, 0.1) is 33.3 Å². The molecule has 0 fully saturated rings. The van der Waals surface area contributed by atoms with Crippen molar-refractivity contribution in [2.75, 3.05) is 0 Å². The van der Waals surface area contributed by atoms with Gasteiger partial charge in [-0.1, -0.05) is 59.6 Å². The average molecular weight is 479 g/mol. The molecule has 0 spiro atoms. The minimum Gasteiger partial charge on any atom is -0.508 e. The zero-order valence-electron chi connectivity index (χ0n) is 17.1. The molecule has 33 heavy (non-hydrogen) atoms. The fourth-order valence-corrected chi connectivity index (χ4v) is 2.66. The number of hydrogen-bond acceptors (Lipinski definition) is 4. The van der Waals surface area contributed by atoms with Crippen LogP contribution in [0.15, 0.2) is 97.1 Å². The first-order valence-corrected chi connectivity index (χ1v) is 10.2. The third kappa shape index (κ3) is 8.93. The van der Waals surface area contributed by atoms with E-state index in [1.165, 1.54) is 18.2 Å². The number of nitrogens with zero attached hydrogens (tertiary/aromatic N) is 2. The summed E-state index contributed by atoms with van der Waals surface area (Å²) in [6.07, 6.45) is 0. The molecular formula is C26H17Cl2FN2O2. The van der Waals surface area contributed by atoms with E-state index in [1.807, 2.05) is 48.5 Å². The van der Waals surface area contributed by atoms with Gasteiger partial charge in [0.15, 0.2) is 0 Å². The third-order valence-corrected chi connectivity index (χ3v) is 4.42. The van der Waals surface area contributed by atoms with Gasteiger partial charge in [0.1, 0.15) is 23.1 Å². The highest BCUT2D eigenvalue weighted by Gasteiger charge is 2.03. The van der Waals surface area contributed by atoms with Crippen molar-refractivity contribution < 1.29 is 14.2 Å². The fourth-order valence-electron chi connectivity index (χ4n) is 2.26. The van der Waals surface area contributed by atoms with Crippen molar-refractivity contribution in [2.24, 2.45) is 0 Å². The quantitative estimate of drug-likeness (QED) is 0.319. The number of hydrogen-bond donors (Lipinski definition) is 1. The Bertz CT molecular complexity index is 1260. The van der Waals surface area contributed by atoms with Crippen LogP contribution >= 0.6 is 23.2 Å². The number of nitriles is 2. The largest absolute Gasteiger partial charge is 0.508 e. The molecule has 0 saturated heterocycles. The van der Waals surface area contributed by atoms with Crippen LogP contribution in [0, 0.1) is 28.5 Å². The molecule has 4 aromatic carbocycles. The van der Waals surface area contributed by atoms with E-state index in [0.29, 0.717) is 33.4 Å². The summed E-state index contributed by atoms with van der Waals surface area (Å²) < 4.78 is 18.0. The summed E-state index contributed by atoms with van der Waals surface area (Å²) in [6.45, 7) is 0. The van der Waals surface area contributed by atoms with E-state index in [-0.39, 0.29) is 5.02 Å². The first-order chi connectivity index (χ1) is 15.9. The van der Waals surface area contributed by atoms with Gasteiger partial charge in [0, 0.05) is 0 Å². The molecule has 4 rings (SSSR count). The standard InChI is InChI=1S/C13H8ClNO.C7H3ClFN.C6H6O/c14-12-8-10(9-15)6-7-13(12)16-11-4-2-1-3-5-11;8-6-3-5(4-10)1-2-7(6)9;7-6-4-2-1-3-5-6/h1-8H;1-3H;1-5,7H. The Morgan fingerprint density at radius 3 is 1.67 bits per heavy atom. The van der Waals surface area contributed by atoms with Crippen molar-refractivity contribution in [1.29, 1.82) is 10.5 Å². The minimum absolute atomic E-state index is 0.0148. The van der Waals surface area contributed by atoms with E-state index in [4.69, 9.17) is 43.6 Å². The zero-order chi connectivity index (χ0) is 24.1. The SMILES string of the molecule is N#Cc1ccc(F)c(Cl)c1.N#Cc1ccc(Oc2ccccc2)c(Cl)c1.Oc1ccccc1. The molecule has 0 unspecified atom stereocenters. The maximum atomic E-state index is 12.4. The lowest BCUT2D eigenvalue weighted by atomic mass is 10.2. The lowest BCUT2D eigenvalue weighted by molar-refractivity contribution is 0.475. The van der Waals surface area contributed by atoms with Crippen LogP contribution < -0.4 is 4.74 Å². The molecule has 0 bridgehead atoms. The number of benzene rings is 4. The van der Waals surface area contributed by atoms with Crippen molar-refractivity contribution in [3.63, 3.8) is 0 Å². The highest BCUT2D eigenvalue weighted by molar-refractivity contribution is 6.32. The second-order valence-electron chi connectivity index (χ2n) is 6.25. The van der Waals surface area contributed by atoms with Crippen molar-refractivity contribution in [3.05, 3.63) is 124 Å². The molecule has 1 N–H and O–H groups in total. The van der Waals surface area contributed by atoms with Crippen LogP contribution in [0.3, 0.4) is 0 Å². The van der Waals surface area contributed by atoms with Crippen molar-refractivity contribution in [1.82, 2.24) is 0 Å². The van der Waals surface area contributed by atoms with Gasteiger partial charge in [0.2, 0.25) is 0 Å². The lowest BCUT2D eigenvalue weighted by Crippen LogP contribution is -1.85. The number of rotatable bonds is 2. The zero-order valence-corrected chi connectivity index (χ0v) is 18.6. The third-order valence-electron chi connectivity index (χ3n) is 3.84. The van der Waals surface area contributed by atoms with E-state index in [0.717, 1.165) is 0 Å². The Morgan fingerprint density at radius 2 is 1.21 bits per heavy atom. The average Bonchev–Trinajstić information content (AvgIpc) is 2.84. The van der Waals surface area contributed by atoms with Crippen LogP contribution in [-0.4, -0.2) is 5.11 Å². The van der Waals surface area contributed by atoms with Gasteiger partial charge in [-0.25, -0.2) is 4.39 Å². The molecule has 164 valence electrons. The van der Waals surface area contributed by atoms with Gasteiger partial charge in [-0.2, -0.15) is 10.5 Å². The van der Waals surface area contributed by atoms with Crippen molar-refractivity contribution in [3.8, 4) is 29.4 Å². The summed E-state index contributed by atoms with van der Waals surface area (Å²) in [5, 5.41) is 26.1. The summed E-state index contributed by atoms with van der Waals surface area (Å²) >= 11 is 11.3.